The average molecular weight is 209 g/mol. The normalized spacial score (nSPS) is 27.0. The Bertz CT molecular complexity index is 334. The van der Waals surface area contributed by atoms with Gasteiger partial charge in [-0.1, -0.05) is 25.9 Å². The zero-order valence-electron chi connectivity index (χ0n) is 9.60. The summed E-state index contributed by atoms with van der Waals surface area (Å²) in [4.78, 5) is 4.37. The number of nitrogens with zero attached hydrogens (tertiary/aromatic N) is 2. The molecule has 1 aliphatic carbocycles. The first-order chi connectivity index (χ1) is 7.08. The van der Waals surface area contributed by atoms with E-state index < -0.39 is 0 Å². The van der Waals surface area contributed by atoms with Crippen molar-refractivity contribution in [2.24, 2.45) is 17.6 Å². The van der Waals surface area contributed by atoms with Gasteiger partial charge in [-0.2, -0.15) is 4.98 Å². The Labute approximate surface area is 90.2 Å². The van der Waals surface area contributed by atoms with Crippen molar-refractivity contribution in [3.8, 4) is 0 Å². The molecule has 0 radical (unpaired) electrons. The molecule has 1 saturated carbocycles. The minimum absolute atomic E-state index is 0.111. The van der Waals surface area contributed by atoms with Crippen molar-refractivity contribution in [1.29, 1.82) is 0 Å². The fourth-order valence-electron chi connectivity index (χ4n) is 1.84. The van der Waals surface area contributed by atoms with E-state index in [2.05, 4.69) is 30.9 Å². The number of aromatic nitrogens is 2. The number of hydrogen-bond acceptors (Lipinski definition) is 4. The van der Waals surface area contributed by atoms with Crippen LogP contribution in [0.4, 0.5) is 0 Å². The van der Waals surface area contributed by atoms with Crippen molar-refractivity contribution >= 4 is 0 Å². The molecular weight excluding hydrogens is 190 g/mol. The van der Waals surface area contributed by atoms with Gasteiger partial charge in [-0.15, -0.1) is 0 Å². The van der Waals surface area contributed by atoms with Gasteiger partial charge in [0.15, 0.2) is 5.82 Å². The van der Waals surface area contributed by atoms with E-state index in [0.29, 0.717) is 23.6 Å². The van der Waals surface area contributed by atoms with Gasteiger partial charge >= 0.3 is 0 Å². The molecule has 1 aromatic heterocycles. The largest absolute Gasteiger partial charge is 0.338 e. The molecule has 1 aromatic rings. The molecule has 1 aliphatic rings. The number of rotatable bonds is 4. The van der Waals surface area contributed by atoms with Crippen LogP contribution in [-0.2, 0) is 0 Å². The molecular formula is C11H19N3O. The van der Waals surface area contributed by atoms with Crippen LogP contribution in [0, 0.1) is 11.8 Å². The molecule has 3 atom stereocenters. The smallest absolute Gasteiger partial charge is 0.243 e. The molecule has 0 aromatic carbocycles. The standard InChI is InChI=1S/C11H19N3O/c1-6(2)4-9(12)11-13-10(14-15-11)8-5-7(8)3/h6-9H,4-5,12H2,1-3H3. The lowest BCUT2D eigenvalue weighted by Gasteiger charge is -2.08. The molecule has 84 valence electrons. The van der Waals surface area contributed by atoms with Crippen LogP contribution in [0.2, 0.25) is 0 Å². The predicted molar refractivity (Wildman–Crippen MR) is 57.2 cm³/mol. The van der Waals surface area contributed by atoms with Crippen molar-refractivity contribution < 1.29 is 4.52 Å². The summed E-state index contributed by atoms with van der Waals surface area (Å²) in [5.41, 5.74) is 5.97. The minimum atomic E-state index is -0.111. The lowest BCUT2D eigenvalue weighted by Crippen LogP contribution is -2.13. The van der Waals surface area contributed by atoms with Crippen LogP contribution in [0.5, 0.6) is 0 Å². The average Bonchev–Trinajstić information content (AvgIpc) is 2.70. The topological polar surface area (TPSA) is 64.9 Å². The summed E-state index contributed by atoms with van der Waals surface area (Å²) < 4.78 is 5.19. The van der Waals surface area contributed by atoms with Gasteiger partial charge in [-0.25, -0.2) is 0 Å². The van der Waals surface area contributed by atoms with E-state index in [1.54, 1.807) is 0 Å². The van der Waals surface area contributed by atoms with Crippen molar-refractivity contribution in [3.63, 3.8) is 0 Å². The molecule has 1 fully saturated rings. The first-order valence-corrected chi connectivity index (χ1v) is 5.67. The lowest BCUT2D eigenvalue weighted by atomic mass is 10.0. The van der Waals surface area contributed by atoms with E-state index in [9.17, 15) is 0 Å². The van der Waals surface area contributed by atoms with Crippen LogP contribution in [0.1, 0.15) is 57.3 Å². The maximum absolute atomic E-state index is 5.97. The molecule has 0 aliphatic heterocycles. The highest BCUT2D eigenvalue weighted by Gasteiger charge is 2.38. The summed E-state index contributed by atoms with van der Waals surface area (Å²) in [5.74, 6) is 3.20. The Hall–Kier alpha value is -0.900. The Morgan fingerprint density at radius 2 is 2.20 bits per heavy atom. The fourth-order valence-corrected chi connectivity index (χ4v) is 1.84. The summed E-state index contributed by atoms with van der Waals surface area (Å²) in [6.07, 6.45) is 2.07. The van der Waals surface area contributed by atoms with Gasteiger partial charge in [0.05, 0.1) is 6.04 Å². The maximum atomic E-state index is 5.97. The second-order valence-electron chi connectivity index (χ2n) is 5.05. The highest BCUT2D eigenvalue weighted by molar-refractivity contribution is 5.08. The summed E-state index contributed by atoms with van der Waals surface area (Å²) in [6.45, 7) is 6.48. The monoisotopic (exact) mass is 209 g/mol. The van der Waals surface area contributed by atoms with E-state index in [1.165, 1.54) is 6.42 Å². The zero-order valence-corrected chi connectivity index (χ0v) is 9.60. The number of hydrogen-bond donors (Lipinski definition) is 1. The first-order valence-electron chi connectivity index (χ1n) is 5.67. The van der Waals surface area contributed by atoms with Crippen molar-refractivity contribution in [1.82, 2.24) is 10.1 Å². The molecule has 1 heterocycles. The van der Waals surface area contributed by atoms with E-state index >= 15 is 0 Å². The Morgan fingerprint density at radius 1 is 1.53 bits per heavy atom. The van der Waals surface area contributed by atoms with Crippen LogP contribution in [-0.4, -0.2) is 10.1 Å². The molecule has 4 heteroatoms. The molecule has 3 unspecified atom stereocenters. The van der Waals surface area contributed by atoms with Crippen LogP contribution in [0.15, 0.2) is 4.52 Å². The van der Waals surface area contributed by atoms with Gasteiger partial charge in [0.2, 0.25) is 5.89 Å². The SMILES string of the molecule is CC(C)CC(N)c1nc(C2CC2C)no1. The first kappa shape index (κ1) is 10.6. The van der Waals surface area contributed by atoms with Crippen LogP contribution in [0.3, 0.4) is 0 Å². The van der Waals surface area contributed by atoms with Gasteiger partial charge in [-0.05, 0) is 24.7 Å². The highest BCUT2D eigenvalue weighted by atomic mass is 16.5. The Kier molecular flexibility index (Phi) is 2.78. The molecule has 0 spiro atoms. The van der Waals surface area contributed by atoms with Crippen LogP contribution < -0.4 is 5.73 Å². The summed E-state index contributed by atoms with van der Waals surface area (Å²) in [7, 11) is 0. The molecule has 2 N–H and O–H groups in total. The summed E-state index contributed by atoms with van der Waals surface area (Å²) in [5, 5.41) is 3.99. The third-order valence-corrected chi connectivity index (χ3v) is 2.94. The summed E-state index contributed by atoms with van der Waals surface area (Å²) in [6, 6.07) is -0.111. The van der Waals surface area contributed by atoms with Crippen LogP contribution >= 0.6 is 0 Å². The van der Waals surface area contributed by atoms with Crippen molar-refractivity contribution in [3.05, 3.63) is 11.7 Å². The van der Waals surface area contributed by atoms with Crippen LogP contribution in [0.25, 0.3) is 0 Å². The van der Waals surface area contributed by atoms with Crippen molar-refractivity contribution in [2.75, 3.05) is 0 Å². The highest BCUT2D eigenvalue weighted by Crippen LogP contribution is 2.45. The van der Waals surface area contributed by atoms with Gasteiger partial charge in [0.25, 0.3) is 0 Å². The van der Waals surface area contributed by atoms with Gasteiger partial charge in [0.1, 0.15) is 0 Å². The molecule has 2 rings (SSSR count). The number of nitrogens with two attached hydrogens (primary N) is 1. The van der Waals surface area contributed by atoms with E-state index in [4.69, 9.17) is 10.3 Å². The predicted octanol–water partition coefficient (Wildman–Crippen LogP) is 2.24. The van der Waals surface area contributed by atoms with Gasteiger partial charge in [0, 0.05) is 5.92 Å². The fraction of sp³-hybridized carbons (Fsp3) is 0.818. The third kappa shape index (κ3) is 2.37. The van der Waals surface area contributed by atoms with Crippen molar-refractivity contribution in [2.45, 2.75) is 45.6 Å². The molecule has 0 saturated heterocycles. The van der Waals surface area contributed by atoms with E-state index in [0.717, 1.165) is 12.2 Å². The molecule has 0 bridgehead atoms. The lowest BCUT2D eigenvalue weighted by molar-refractivity contribution is 0.332. The molecule has 0 amide bonds. The maximum Gasteiger partial charge on any atom is 0.243 e. The summed E-state index contributed by atoms with van der Waals surface area (Å²) >= 11 is 0. The second-order valence-corrected chi connectivity index (χ2v) is 5.05. The second kappa shape index (κ2) is 3.93. The quantitative estimate of drug-likeness (QED) is 0.825. The third-order valence-electron chi connectivity index (χ3n) is 2.94. The molecule has 15 heavy (non-hydrogen) atoms. The zero-order chi connectivity index (χ0) is 11.0. The van der Waals surface area contributed by atoms with Gasteiger partial charge < -0.3 is 10.3 Å². The molecule has 4 nitrogen and oxygen atoms in total. The van der Waals surface area contributed by atoms with E-state index in [1.807, 2.05) is 0 Å². The Morgan fingerprint density at radius 3 is 2.73 bits per heavy atom. The van der Waals surface area contributed by atoms with Gasteiger partial charge in [-0.3, -0.25) is 0 Å². The van der Waals surface area contributed by atoms with E-state index in [-0.39, 0.29) is 6.04 Å². The minimum Gasteiger partial charge on any atom is -0.338 e. The Balaban J connectivity index is 2.00.